The summed E-state index contributed by atoms with van der Waals surface area (Å²) in [5, 5.41) is 2.69. The van der Waals surface area contributed by atoms with E-state index in [1.165, 1.54) is 6.07 Å². The van der Waals surface area contributed by atoms with Gasteiger partial charge >= 0.3 is 6.18 Å². The Morgan fingerprint density at radius 2 is 2.07 bits per heavy atom. The lowest BCUT2D eigenvalue weighted by molar-refractivity contribution is -0.154. The number of nitrogens with one attached hydrogen (secondary N) is 1. The maximum atomic E-state index is 11.8. The average molecular weight is 221 g/mol. The number of aromatic nitrogens is 2. The van der Waals surface area contributed by atoms with Gasteiger partial charge in [-0.25, -0.2) is 4.98 Å². The van der Waals surface area contributed by atoms with Gasteiger partial charge in [0.1, 0.15) is 11.6 Å². The van der Waals surface area contributed by atoms with Crippen molar-refractivity contribution in [1.82, 2.24) is 9.97 Å². The number of alkyl halides is 3. The van der Waals surface area contributed by atoms with Crippen molar-refractivity contribution in [3.63, 3.8) is 0 Å². The molecule has 0 aromatic carbocycles. The van der Waals surface area contributed by atoms with Crippen molar-refractivity contribution in [1.29, 1.82) is 0 Å². The molecule has 0 aliphatic carbocycles. The first-order valence-electron chi connectivity index (χ1n) is 4.14. The molecule has 0 aliphatic heterocycles. The van der Waals surface area contributed by atoms with E-state index in [0.29, 0.717) is 11.6 Å². The number of anilines is 1. The van der Waals surface area contributed by atoms with Crippen LogP contribution in [0.3, 0.4) is 0 Å². The molecule has 1 aromatic rings. The van der Waals surface area contributed by atoms with Crippen molar-refractivity contribution in [3.05, 3.63) is 11.9 Å². The fourth-order valence-corrected chi connectivity index (χ4v) is 0.898. The predicted octanol–water partition coefficient (Wildman–Crippen LogP) is 1.77. The SMILES string of the molecule is CNc1cc(OCC(F)(F)F)nc(C)n1. The Balaban J connectivity index is 2.73. The summed E-state index contributed by atoms with van der Waals surface area (Å²) in [4.78, 5) is 7.62. The third-order valence-corrected chi connectivity index (χ3v) is 1.45. The lowest BCUT2D eigenvalue weighted by atomic mass is 10.5. The zero-order chi connectivity index (χ0) is 11.5. The smallest absolute Gasteiger partial charge is 0.422 e. The van der Waals surface area contributed by atoms with Gasteiger partial charge in [0.15, 0.2) is 6.61 Å². The molecule has 7 heteroatoms. The van der Waals surface area contributed by atoms with Crippen molar-refractivity contribution in [3.8, 4) is 5.88 Å². The Bertz CT molecular complexity index is 340. The van der Waals surface area contributed by atoms with Crippen LogP contribution >= 0.6 is 0 Å². The van der Waals surface area contributed by atoms with E-state index in [-0.39, 0.29) is 5.88 Å². The highest BCUT2D eigenvalue weighted by Gasteiger charge is 2.28. The molecule has 0 bridgehead atoms. The molecule has 1 rings (SSSR count). The minimum absolute atomic E-state index is 0.0934. The van der Waals surface area contributed by atoms with Gasteiger partial charge in [-0.3, -0.25) is 0 Å². The van der Waals surface area contributed by atoms with E-state index in [1.54, 1.807) is 14.0 Å². The third kappa shape index (κ3) is 4.01. The van der Waals surface area contributed by atoms with Gasteiger partial charge in [0.05, 0.1) is 0 Å². The van der Waals surface area contributed by atoms with Crippen LogP contribution in [0, 0.1) is 6.92 Å². The highest BCUT2D eigenvalue weighted by Crippen LogP contribution is 2.18. The maximum absolute atomic E-state index is 11.8. The molecule has 0 spiro atoms. The Hall–Kier alpha value is -1.53. The first-order chi connectivity index (χ1) is 6.90. The fraction of sp³-hybridized carbons (Fsp3) is 0.500. The highest BCUT2D eigenvalue weighted by molar-refractivity contribution is 5.37. The van der Waals surface area contributed by atoms with Crippen LogP contribution in [0.5, 0.6) is 5.88 Å². The topological polar surface area (TPSA) is 47.0 Å². The Labute approximate surface area is 84.5 Å². The molecule has 1 heterocycles. The molecule has 0 amide bonds. The maximum Gasteiger partial charge on any atom is 0.422 e. The van der Waals surface area contributed by atoms with Gasteiger partial charge < -0.3 is 10.1 Å². The molecular weight excluding hydrogens is 211 g/mol. The largest absolute Gasteiger partial charge is 0.468 e. The van der Waals surface area contributed by atoms with Gasteiger partial charge in [0, 0.05) is 13.1 Å². The Morgan fingerprint density at radius 1 is 1.40 bits per heavy atom. The van der Waals surface area contributed by atoms with Crippen LogP contribution in [0.2, 0.25) is 0 Å². The highest BCUT2D eigenvalue weighted by atomic mass is 19.4. The summed E-state index contributed by atoms with van der Waals surface area (Å²) in [5.74, 6) is 0.669. The second-order valence-electron chi connectivity index (χ2n) is 2.79. The fourth-order valence-electron chi connectivity index (χ4n) is 0.898. The molecule has 0 radical (unpaired) electrons. The van der Waals surface area contributed by atoms with E-state index < -0.39 is 12.8 Å². The van der Waals surface area contributed by atoms with Gasteiger partial charge in [-0.15, -0.1) is 0 Å². The van der Waals surface area contributed by atoms with Crippen molar-refractivity contribution >= 4 is 5.82 Å². The predicted molar refractivity (Wildman–Crippen MR) is 47.9 cm³/mol. The molecule has 0 aliphatic rings. The molecule has 0 atom stereocenters. The van der Waals surface area contributed by atoms with Crippen LogP contribution < -0.4 is 10.1 Å². The number of halogens is 3. The molecule has 1 aromatic heterocycles. The van der Waals surface area contributed by atoms with Crippen molar-refractivity contribution < 1.29 is 17.9 Å². The summed E-state index contributed by atoms with van der Waals surface area (Å²) < 4.78 is 40.0. The van der Waals surface area contributed by atoms with Crippen LogP contribution in [-0.4, -0.2) is 29.8 Å². The molecule has 4 nitrogen and oxygen atoms in total. The molecule has 0 unspecified atom stereocenters. The third-order valence-electron chi connectivity index (χ3n) is 1.45. The van der Waals surface area contributed by atoms with Crippen molar-refractivity contribution in [2.75, 3.05) is 19.0 Å². The first-order valence-corrected chi connectivity index (χ1v) is 4.14. The van der Waals surface area contributed by atoms with Gasteiger partial charge in [0.2, 0.25) is 5.88 Å². The minimum atomic E-state index is -4.36. The summed E-state index contributed by atoms with van der Waals surface area (Å²) in [6.45, 7) is 0.216. The number of hydrogen-bond donors (Lipinski definition) is 1. The van der Waals surface area contributed by atoms with Crippen molar-refractivity contribution in [2.45, 2.75) is 13.1 Å². The van der Waals surface area contributed by atoms with Gasteiger partial charge in [-0.1, -0.05) is 0 Å². The molecule has 0 saturated heterocycles. The van der Waals surface area contributed by atoms with Crippen LogP contribution in [0.25, 0.3) is 0 Å². The summed E-state index contributed by atoms with van der Waals surface area (Å²) in [5.41, 5.74) is 0. The van der Waals surface area contributed by atoms with Crippen LogP contribution in [0.15, 0.2) is 6.07 Å². The summed E-state index contributed by atoms with van der Waals surface area (Å²) in [7, 11) is 1.61. The zero-order valence-corrected chi connectivity index (χ0v) is 8.22. The Kier molecular flexibility index (Phi) is 3.33. The van der Waals surface area contributed by atoms with Gasteiger partial charge in [-0.2, -0.15) is 18.2 Å². The lowest BCUT2D eigenvalue weighted by Gasteiger charge is -2.09. The monoisotopic (exact) mass is 221 g/mol. The number of ether oxygens (including phenoxy) is 1. The van der Waals surface area contributed by atoms with E-state index in [2.05, 4.69) is 20.0 Å². The average Bonchev–Trinajstić information content (AvgIpc) is 2.13. The summed E-state index contributed by atoms with van der Waals surface area (Å²) >= 11 is 0. The van der Waals surface area contributed by atoms with Crippen LogP contribution in [0.1, 0.15) is 5.82 Å². The van der Waals surface area contributed by atoms with E-state index in [4.69, 9.17) is 0 Å². The van der Waals surface area contributed by atoms with Crippen LogP contribution in [0.4, 0.5) is 19.0 Å². The second-order valence-corrected chi connectivity index (χ2v) is 2.79. The Morgan fingerprint density at radius 3 is 2.60 bits per heavy atom. The molecule has 84 valence electrons. The van der Waals surface area contributed by atoms with Gasteiger partial charge in [-0.05, 0) is 6.92 Å². The van der Waals surface area contributed by atoms with Crippen molar-refractivity contribution in [2.24, 2.45) is 0 Å². The molecule has 15 heavy (non-hydrogen) atoms. The summed E-state index contributed by atoms with van der Waals surface area (Å²) in [6.07, 6.45) is -4.36. The lowest BCUT2D eigenvalue weighted by Crippen LogP contribution is -2.20. The van der Waals surface area contributed by atoms with Crippen LogP contribution in [-0.2, 0) is 0 Å². The molecule has 1 N–H and O–H groups in total. The number of nitrogens with zero attached hydrogens (tertiary/aromatic N) is 2. The second kappa shape index (κ2) is 4.33. The summed E-state index contributed by atoms with van der Waals surface area (Å²) in [6, 6.07) is 1.30. The molecular formula is C8H10F3N3O. The number of hydrogen-bond acceptors (Lipinski definition) is 4. The van der Waals surface area contributed by atoms with E-state index in [1.807, 2.05) is 0 Å². The standard InChI is InChI=1S/C8H10F3N3O/c1-5-13-6(12-2)3-7(14-5)15-4-8(9,10)11/h3H,4H2,1-2H3,(H,12,13,14). The minimum Gasteiger partial charge on any atom is -0.468 e. The normalized spacial score (nSPS) is 11.3. The van der Waals surface area contributed by atoms with E-state index in [0.717, 1.165) is 0 Å². The molecule has 0 fully saturated rings. The zero-order valence-electron chi connectivity index (χ0n) is 8.22. The quantitative estimate of drug-likeness (QED) is 0.844. The van der Waals surface area contributed by atoms with E-state index in [9.17, 15) is 13.2 Å². The first kappa shape index (κ1) is 11.5. The molecule has 0 saturated carbocycles. The number of aryl methyl sites for hydroxylation is 1. The number of rotatable bonds is 3. The van der Waals surface area contributed by atoms with E-state index >= 15 is 0 Å². The van der Waals surface area contributed by atoms with Gasteiger partial charge in [0.25, 0.3) is 0 Å².